The van der Waals surface area contributed by atoms with Crippen LogP contribution in [0.4, 0.5) is 5.69 Å². The quantitative estimate of drug-likeness (QED) is 0.587. The zero-order valence-electron chi connectivity index (χ0n) is 6.11. The Hall–Kier alpha value is -2.02. The molecular weight excluding hydrogens is 154 g/mol. The van der Waals surface area contributed by atoms with Gasteiger partial charge in [-0.15, -0.1) is 0 Å². The first-order chi connectivity index (χ1) is 5.81. The molecule has 0 aliphatic rings. The van der Waals surface area contributed by atoms with E-state index in [0.717, 1.165) is 5.39 Å². The summed E-state index contributed by atoms with van der Waals surface area (Å²) in [6.07, 6.45) is 1.53. The summed E-state index contributed by atoms with van der Waals surface area (Å²) in [5.74, 6) is 0. The summed E-state index contributed by atoms with van der Waals surface area (Å²) in [7, 11) is 0. The molecule has 58 valence electrons. The molecule has 1 aromatic carbocycles. The second-order valence-electron chi connectivity index (χ2n) is 2.42. The molecule has 2 rings (SSSR count). The maximum absolute atomic E-state index is 8.69. The Bertz CT molecular complexity index is 467. The van der Waals surface area contributed by atoms with Crippen LogP contribution in [0.15, 0.2) is 22.9 Å². The van der Waals surface area contributed by atoms with Gasteiger partial charge >= 0.3 is 0 Å². The molecular formula is C8H5N3O. The Morgan fingerprint density at radius 3 is 3.08 bits per heavy atom. The SMILES string of the molecule is N#Cc1cc(N)cc2cnoc12. The Morgan fingerprint density at radius 1 is 1.50 bits per heavy atom. The second-order valence-corrected chi connectivity index (χ2v) is 2.42. The van der Waals surface area contributed by atoms with E-state index in [9.17, 15) is 0 Å². The van der Waals surface area contributed by atoms with E-state index in [-0.39, 0.29) is 0 Å². The predicted molar refractivity (Wildman–Crippen MR) is 43.1 cm³/mol. The molecule has 0 bridgehead atoms. The molecule has 2 N–H and O–H groups in total. The maximum Gasteiger partial charge on any atom is 0.184 e. The van der Waals surface area contributed by atoms with Crippen LogP contribution in [0, 0.1) is 11.3 Å². The average molecular weight is 159 g/mol. The van der Waals surface area contributed by atoms with E-state index in [1.54, 1.807) is 12.1 Å². The Kier molecular flexibility index (Phi) is 1.25. The summed E-state index contributed by atoms with van der Waals surface area (Å²) < 4.78 is 4.87. The minimum Gasteiger partial charge on any atom is -0.399 e. The predicted octanol–water partition coefficient (Wildman–Crippen LogP) is 1.28. The molecule has 0 fully saturated rings. The molecule has 2 aromatic rings. The van der Waals surface area contributed by atoms with Crippen molar-refractivity contribution in [3.05, 3.63) is 23.9 Å². The number of nitriles is 1. The number of benzene rings is 1. The summed E-state index contributed by atoms with van der Waals surface area (Å²) in [4.78, 5) is 0. The lowest BCUT2D eigenvalue weighted by Crippen LogP contribution is -1.85. The van der Waals surface area contributed by atoms with Crippen molar-refractivity contribution in [2.24, 2.45) is 0 Å². The molecule has 0 amide bonds. The maximum atomic E-state index is 8.69. The second kappa shape index (κ2) is 2.24. The van der Waals surface area contributed by atoms with Crippen molar-refractivity contribution < 1.29 is 4.52 Å². The number of rotatable bonds is 0. The minimum atomic E-state index is 0.419. The fourth-order valence-corrected chi connectivity index (χ4v) is 1.09. The fourth-order valence-electron chi connectivity index (χ4n) is 1.09. The molecule has 0 aliphatic heterocycles. The van der Waals surface area contributed by atoms with Crippen LogP contribution in [0.2, 0.25) is 0 Å². The molecule has 0 spiro atoms. The molecule has 0 atom stereocenters. The van der Waals surface area contributed by atoms with E-state index in [0.29, 0.717) is 16.8 Å². The molecule has 1 heterocycles. The van der Waals surface area contributed by atoms with E-state index in [4.69, 9.17) is 15.5 Å². The number of fused-ring (bicyclic) bond motifs is 1. The number of anilines is 1. The van der Waals surface area contributed by atoms with Crippen LogP contribution in [0.1, 0.15) is 5.56 Å². The van der Waals surface area contributed by atoms with Gasteiger partial charge in [0, 0.05) is 11.1 Å². The largest absolute Gasteiger partial charge is 0.399 e. The van der Waals surface area contributed by atoms with Gasteiger partial charge in [0.1, 0.15) is 11.6 Å². The van der Waals surface area contributed by atoms with Crippen molar-refractivity contribution in [1.82, 2.24) is 5.16 Å². The van der Waals surface area contributed by atoms with E-state index in [2.05, 4.69) is 5.16 Å². The van der Waals surface area contributed by atoms with Crippen LogP contribution in [0.3, 0.4) is 0 Å². The average Bonchev–Trinajstić information content (AvgIpc) is 2.50. The van der Waals surface area contributed by atoms with Crippen molar-refractivity contribution >= 4 is 16.7 Å². The third-order valence-electron chi connectivity index (χ3n) is 1.60. The normalized spacial score (nSPS) is 9.92. The van der Waals surface area contributed by atoms with Gasteiger partial charge in [0.05, 0.1) is 6.20 Å². The van der Waals surface area contributed by atoms with Crippen LogP contribution >= 0.6 is 0 Å². The molecule has 0 radical (unpaired) electrons. The van der Waals surface area contributed by atoms with Crippen molar-refractivity contribution in [2.75, 3.05) is 5.73 Å². The number of hydrogen-bond donors (Lipinski definition) is 1. The van der Waals surface area contributed by atoms with E-state index in [1.165, 1.54) is 6.20 Å². The van der Waals surface area contributed by atoms with Crippen LogP contribution in [0.5, 0.6) is 0 Å². The first kappa shape index (κ1) is 6.68. The summed E-state index contributed by atoms with van der Waals surface area (Å²) in [6, 6.07) is 5.26. The van der Waals surface area contributed by atoms with Gasteiger partial charge < -0.3 is 10.3 Å². The smallest absolute Gasteiger partial charge is 0.184 e. The first-order valence-corrected chi connectivity index (χ1v) is 3.35. The summed E-state index contributed by atoms with van der Waals surface area (Å²) in [5.41, 5.74) is 6.99. The van der Waals surface area contributed by atoms with Crippen molar-refractivity contribution in [3.8, 4) is 6.07 Å². The van der Waals surface area contributed by atoms with Crippen molar-refractivity contribution in [2.45, 2.75) is 0 Å². The van der Waals surface area contributed by atoms with Gasteiger partial charge in [-0.1, -0.05) is 5.16 Å². The lowest BCUT2D eigenvalue weighted by atomic mass is 10.1. The number of nitrogens with two attached hydrogens (primary N) is 1. The summed E-state index contributed by atoms with van der Waals surface area (Å²) in [5, 5.41) is 13.0. The molecule has 0 saturated heterocycles. The Labute approximate surface area is 68.2 Å². The Balaban J connectivity index is 2.91. The lowest BCUT2D eigenvalue weighted by molar-refractivity contribution is 0.456. The molecule has 4 heteroatoms. The number of aromatic nitrogens is 1. The summed E-state index contributed by atoms with van der Waals surface area (Å²) >= 11 is 0. The topological polar surface area (TPSA) is 75.8 Å². The van der Waals surface area contributed by atoms with E-state index in [1.807, 2.05) is 6.07 Å². The third kappa shape index (κ3) is 0.805. The molecule has 0 saturated carbocycles. The zero-order chi connectivity index (χ0) is 8.55. The fraction of sp³-hybridized carbons (Fsp3) is 0. The van der Waals surface area contributed by atoms with Gasteiger partial charge in [-0.25, -0.2) is 0 Å². The van der Waals surface area contributed by atoms with Crippen molar-refractivity contribution in [1.29, 1.82) is 5.26 Å². The lowest BCUT2D eigenvalue weighted by Gasteiger charge is -1.92. The zero-order valence-corrected chi connectivity index (χ0v) is 6.11. The van der Waals surface area contributed by atoms with Crippen LogP contribution < -0.4 is 5.73 Å². The van der Waals surface area contributed by atoms with Gasteiger partial charge in [0.25, 0.3) is 0 Å². The Morgan fingerprint density at radius 2 is 2.33 bits per heavy atom. The molecule has 1 aromatic heterocycles. The molecule has 0 unspecified atom stereocenters. The molecule has 4 nitrogen and oxygen atoms in total. The van der Waals surface area contributed by atoms with Gasteiger partial charge in [-0.05, 0) is 12.1 Å². The van der Waals surface area contributed by atoms with E-state index < -0.39 is 0 Å². The van der Waals surface area contributed by atoms with Crippen LogP contribution in [-0.4, -0.2) is 5.16 Å². The monoisotopic (exact) mass is 159 g/mol. The van der Waals surface area contributed by atoms with Crippen molar-refractivity contribution in [3.63, 3.8) is 0 Å². The first-order valence-electron chi connectivity index (χ1n) is 3.35. The van der Waals surface area contributed by atoms with Crippen LogP contribution in [0.25, 0.3) is 11.0 Å². The minimum absolute atomic E-state index is 0.419. The van der Waals surface area contributed by atoms with Gasteiger partial charge in [0.15, 0.2) is 5.58 Å². The third-order valence-corrected chi connectivity index (χ3v) is 1.60. The standard InChI is InChI=1S/C8H5N3O/c9-3-5-1-7(10)2-6-4-11-12-8(5)6/h1-2,4H,10H2. The van der Waals surface area contributed by atoms with Gasteiger partial charge in [0.2, 0.25) is 0 Å². The molecule has 12 heavy (non-hydrogen) atoms. The number of nitrogens with zero attached hydrogens (tertiary/aromatic N) is 2. The molecule has 0 aliphatic carbocycles. The van der Waals surface area contributed by atoms with Gasteiger partial charge in [-0.3, -0.25) is 0 Å². The highest BCUT2D eigenvalue weighted by atomic mass is 16.5. The highest BCUT2D eigenvalue weighted by Gasteiger charge is 2.05. The highest BCUT2D eigenvalue weighted by molar-refractivity contribution is 5.85. The van der Waals surface area contributed by atoms with Gasteiger partial charge in [-0.2, -0.15) is 5.26 Å². The number of nitrogen functional groups attached to an aromatic ring is 1. The van der Waals surface area contributed by atoms with E-state index >= 15 is 0 Å². The van der Waals surface area contributed by atoms with Crippen LogP contribution in [-0.2, 0) is 0 Å². The summed E-state index contributed by atoms with van der Waals surface area (Å²) in [6.45, 7) is 0. The number of hydrogen-bond acceptors (Lipinski definition) is 4. The highest BCUT2D eigenvalue weighted by Crippen LogP contribution is 2.20.